The average molecular weight is 355 g/mol. The van der Waals surface area contributed by atoms with Crippen LogP contribution in [0, 0.1) is 0 Å². The molecule has 0 saturated carbocycles. The van der Waals surface area contributed by atoms with Crippen molar-refractivity contribution >= 4 is 17.5 Å². The SMILES string of the molecule is O=C(NCCn1nc(-c2ccncc2)ccc1=O)c1ccccc1Cl. The van der Waals surface area contributed by atoms with Crippen molar-refractivity contribution in [3.05, 3.63) is 81.9 Å². The molecule has 0 atom stereocenters. The van der Waals surface area contributed by atoms with Gasteiger partial charge >= 0.3 is 0 Å². The Morgan fingerprint density at radius 3 is 2.60 bits per heavy atom. The Balaban J connectivity index is 1.68. The van der Waals surface area contributed by atoms with Gasteiger partial charge in [0.25, 0.3) is 11.5 Å². The monoisotopic (exact) mass is 354 g/mol. The van der Waals surface area contributed by atoms with Crippen molar-refractivity contribution < 1.29 is 4.79 Å². The van der Waals surface area contributed by atoms with Crippen LogP contribution in [-0.4, -0.2) is 27.2 Å². The lowest BCUT2D eigenvalue weighted by atomic mass is 10.2. The third kappa shape index (κ3) is 4.10. The fourth-order valence-electron chi connectivity index (χ4n) is 2.30. The first kappa shape index (κ1) is 16.9. The maximum Gasteiger partial charge on any atom is 0.266 e. The number of amides is 1. The molecular weight excluding hydrogens is 340 g/mol. The lowest BCUT2D eigenvalue weighted by Gasteiger charge is -2.09. The molecule has 6 nitrogen and oxygen atoms in total. The Hall–Kier alpha value is -2.99. The van der Waals surface area contributed by atoms with E-state index in [9.17, 15) is 9.59 Å². The van der Waals surface area contributed by atoms with Crippen LogP contribution >= 0.6 is 11.6 Å². The van der Waals surface area contributed by atoms with E-state index in [1.54, 1.807) is 42.7 Å². The second-order valence-electron chi connectivity index (χ2n) is 5.25. The molecule has 7 heteroatoms. The van der Waals surface area contributed by atoms with Crippen molar-refractivity contribution in [3.8, 4) is 11.3 Å². The van der Waals surface area contributed by atoms with Crippen LogP contribution in [0.25, 0.3) is 11.3 Å². The normalized spacial score (nSPS) is 10.4. The van der Waals surface area contributed by atoms with Gasteiger partial charge in [-0.3, -0.25) is 14.6 Å². The number of nitrogens with zero attached hydrogens (tertiary/aromatic N) is 3. The first-order valence-corrected chi connectivity index (χ1v) is 8.04. The van der Waals surface area contributed by atoms with Crippen LogP contribution in [0.2, 0.25) is 5.02 Å². The molecule has 0 aliphatic heterocycles. The summed E-state index contributed by atoms with van der Waals surface area (Å²) in [5.74, 6) is -0.288. The zero-order valence-corrected chi connectivity index (χ0v) is 14.0. The lowest BCUT2D eigenvalue weighted by molar-refractivity contribution is 0.0952. The Labute approximate surface area is 149 Å². The molecule has 0 fully saturated rings. The van der Waals surface area contributed by atoms with Gasteiger partial charge in [-0.15, -0.1) is 0 Å². The number of carbonyl (C=O) groups excluding carboxylic acids is 1. The van der Waals surface area contributed by atoms with E-state index in [-0.39, 0.29) is 24.6 Å². The Morgan fingerprint density at radius 1 is 1.08 bits per heavy atom. The molecule has 3 rings (SSSR count). The summed E-state index contributed by atoms with van der Waals surface area (Å²) < 4.78 is 1.32. The van der Waals surface area contributed by atoms with Gasteiger partial charge in [0.1, 0.15) is 0 Å². The molecule has 1 amide bonds. The number of benzene rings is 1. The summed E-state index contributed by atoms with van der Waals surface area (Å²) in [6.07, 6.45) is 3.33. The maximum absolute atomic E-state index is 12.1. The molecule has 2 heterocycles. The number of pyridine rings is 1. The van der Waals surface area contributed by atoms with Crippen molar-refractivity contribution in [1.29, 1.82) is 0 Å². The molecule has 2 aromatic heterocycles. The molecule has 0 radical (unpaired) electrons. The van der Waals surface area contributed by atoms with Crippen LogP contribution in [0.15, 0.2) is 65.7 Å². The number of rotatable bonds is 5. The minimum atomic E-state index is -0.288. The van der Waals surface area contributed by atoms with Crippen LogP contribution in [0.4, 0.5) is 0 Å². The summed E-state index contributed by atoms with van der Waals surface area (Å²) in [6, 6.07) is 13.5. The van der Waals surface area contributed by atoms with Crippen molar-refractivity contribution in [2.24, 2.45) is 0 Å². The highest BCUT2D eigenvalue weighted by Crippen LogP contribution is 2.14. The van der Waals surface area contributed by atoms with E-state index in [4.69, 9.17) is 11.6 Å². The summed E-state index contributed by atoms with van der Waals surface area (Å²) >= 11 is 6.00. The number of halogens is 1. The molecule has 0 aliphatic rings. The van der Waals surface area contributed by atoms with Crippen LogP contribution in [0.5, 0.6) is 0 Å². The number of aromatic nitrogens is 3. The first-order valence-electron chi connectivity index (χ1n) is 7.66. The van der Waals surface area contributed by atoms with Crippen LogP contribution in [0.3, 0.4) is 0 Å². The van der Waals surface area contributed by atoms with E-state index >= 15 is 0 Å². The van der Waals surface area contributed by atoms with Gasteiger partial charge in [-0.25, -0.2) is 4.68 Å². The highest BCUT2D eigenvalue weighted by atomic mass is 35.5. The molecule has 1 aromatic carbocycles. The molecule has 0 bridgehead atoms. The van der Waals surface area contributed by atoms with E-state index in [1.807, 2.05) is 12.1 Å². The topological polar surface area (TPSA) is 76.9 Å². The minimum absolute atomic E-state index is 0.232. The van der Waals surface area contributed by atoms with E-state index in [0.29, 0.717) is 16.3 Å². The number of hydrogen-bond donors (Lipinski definition) is 1. The maximum atomic E-state index is 12.1. The summed E-state index contributed by atoms with van der Waals surface area (Å²) in [6.45, 7) is 0.519. The highest BCUT2D eigenvalue weighted by Gasteiger charge is 2.09. The summed E-state index contributed by atoms with van der Waals surface area (Å²) in [7, 11) is 0. The summed E-state index contributed by atoms with van der Waals surface area (Å²) in [5.41, 5.74) is 1.70. The lowest BCUT2D eigenvalue weighted by Crippen LogP contribution is -2.32. The second-order valence-corrected chi connectivity index (χ2v) is 5.66. The molecule has 0 saturated heterocycles. The van der Waals surface area contributed by atoms with E-state index in [1.165, 1.54) is 10.7 Å². The Kier molecular flexibility index (Phi) is 5.20. The van der Waals surface area contributed by atoms with E-state index in [2.05, 4.69) is 15.4 Å². The minimum Gasteiger partial charge on any atom is -0.350 e. The first-order chi connectivity index (χ1) is 12.1. The van der Waals surface area contributed by atoms with Gasteiger partial charge < -0.3 is 5.32 Å². The van der Waals surface area contributed by atoms with Gasteiger partial charge in [-0.2, -0.15) is 5.10 Å². The third-order valence-corrected chi connectivity index (χ3v) is 3.90. The zero-order chi connectivity index (χ0) is 17.6. The van der Waals surface area contributed by atoms with Gasteiger partial charge in [-0.05, 0) is 30.3 Å². The molecular formula is C18H15ClN4O2. The van der Waals surface area contributed by atoms with Crippen molar-refractivity contribution in [3.63, 3.8) is 0 Å². The van der Waals surface area contributed by atoms with Crippen LogP contribution in [0.1, 0.15) is 10.4 Å². The molecule has 0 unspecified atom stereocenters. The summed E-state index contributed by atoms with van der Waals surface area (Å²) in [5, 5.41) is 7.45. The molecule has 25 heavy (non-hydrogen) atoms. The number of carbonyl (C=O) groups is 1. The molecule has 0 spiro atoms. The van der Waals surface area contributed by atoms with Gasteiger partial charge in [0, 0.05) is 30.6 Å². The van der Waals surface area contributed by atoms with Crippen LogP contribution < -0.4 is 10.9 Å². The fraction of sp³-hybridized carbons (Fsp3) is 0.111. The van der Waals surface area contributed by atoms with Crippen LogP contribution in [-0.2, 0) is 6.54 Å². The van der Waals surface area contributed by atoms with Crippen molar-refractivity contribution in [2.75, 3.05) is 6.54 Å². The average Bonchev–Trinajstić information content (AvgIpc) is 2.64. The molecule has 126 valence electrons. The standard InChI is InChI=1S/C18H15ClN4O2/c19-15-4-2-1-3-14(15)18(25)21-11-12-23-17(24)6-5-16(22-23)13-7-9-20-10-8-13/h1-10H,11-12H2,(H,21,25). The Bertz CT molecular complexity index is 941. The second kappa shape index (κ2) is 7.72. The molecule has 1 N–H and O–H groups in total. The Morgan fingerprint density at radius 2 is 1.84 bits per heavy atom. The highest BCUT2D eigenvalue weighted by molar-refractivity contribution is 6.33. The zero-order valence-electron chi connectivity index (χ0n) is 13.2. The van der Waals surface area contributed by atoms with Crippen molar-refractivity contribution in [1.82, 2.24) is 20.1 Å². The van der Waals surface area contributed by atoms with Crippen molar-refractivity contribution in [2.45, 2.75) is 6.54 Å². The smallest absolute Gasteiger partial charge is 0.266 e. The van der Waals surface area contributed by atoms with Gasteiger partial charge in [0.15, 0.2) is 0 Å². The number of nitrogens with one attached hydrogen (secondary N) is 1. The molecule has 3 aromatic rings. The van der Waals surface area contributed by atoms with E-state index < -0.39 is 0 Å². The predicted octanol–water partition coefficient (Wildman–Crippen LogP) is 2.39. The summed E-state index contributed by atoms with van der Waals surface area (Å²) in [4.78, 5) is 28.0. The molecule has 0 aliphatic carbocycles. The van der Waals surface area contributed by atoms with E-state index in [0.717, 1.165) is 5.56 Å². The third-order valence-electron chi connectivity index (χ3n) is 3.57. The fourth-order valence-corrected chi connectivity index (χ4v) is 2.52. The predicted molar refractivity (Wildman–Crippen MR) is 95.5 cm³/mol. The largest absolute Gasteiger partial charge is 0.350 e. The number of hydrogen-bond acceptors (Lipinski definition) is 4. The van der Waals surface area contributed by atoms with Gasteiger partial charge in [0.05, 0.1) is 22.8 Å². The van der Waals surface area contributed by atoms with Gasteiger partial charge in [0.2, 0.25) is 0 Å². The van der Waals surface area contributed by atoms with Gasteiger partial charge in [-0.1, -0.05) is 23.7 Å². The quantitative estimate of drug-likeness (QED) is 0.763.